The van der Waals surface area contributed by atoms with Crippen molar-refractivity contribution in [1.29, 1.82) is 0 Å². The fourth-order valence-electron chi connectivity index (χ4n) is 1.90. The lowest BCUT2D eigenvalue weighted by atomic mass is 10.2. The fourth-order valence-corrected chi connectivity index (χ4v) is 2.27. The van der Waals surface area contributed by atoms with Crippen LogP contribution in [0.2, 0.25) is 0 Å². The van der Waals surface area contributed by atoms with Gasteiger partial charge in [0, 0.05) is 18.1 Å². The third-order valence-corrected chi connectivity index (χ3v) is 3.53. The Bertz CT molecular complexity index is 687. The fraction of sp³-hybridized carbons (Fsp3) is 0.294. The van der Waals surface area contributed by atoms with Crippen LogP contribution in [0.5, 0.6) is 0 Å². The number of carbonyl (C=O) groups excluding carboxylic acids is 1. The molecule has 0 unspecified atom stereocenters. The number of amides is 1. The molecule has 1 aromatic heterocycles. The molecular weight excluding hydrogens is 363 g/mol. The Morgan fingerprint density at radius 3 is 2.48 bits per heavy atom. The summed E-state index contributed by atoms with van der Waals surface area (Å²) >= 11 is 3.15. The molecule has 122 valence electrons. The third-order valence-electron chi connectivity index (χ3n) is 2.92. The van der Waals surface area contributed by atoms with Gasteiger partial charge in [0.15, 0.2) is 0 Å². The Morgan fingerprint density at radius 1 is 1.26 bits per heavy atom. The van der Waals surface area contributed by atoms with E-state index >= 15 is 0 Å². The highest BCUT2D eigenvalue weighted by molar-refractivity contribution is 9.10. The van der Waals surface area contributed by atoms with Crippen molar-refractivity contribution < 1.29 is 13.9 Å². The summed E-state index contributed by atoms with van der Waals surface area (Å²) < 4.78 is 19.2. The smallest absolute Gasteiger partial charge is 0.415 e. The van der Waals surface area contributed by atoms with Crippen molar-refractivity contribution in [3.8, 4) is 0 Å². The van der Waals surface area contributed by atoms with Gasteiger partial charge in [-0.25, -0.2) is 9.18 Å². The summed E-state index contributed by atoms with van der Waals surface area (Å²) in [4.78, 5) is 18.0. The molecule has 6 heteroatoms. The van der Waals surface area contributed by atoms with E-state index in [0.717, 1.165) is 5.56 Å². The van der Waals surface area contributed by atoms with Crippen molar-refractivity contribution in [2.75, 3.05) is 4.90 Å². The summed E-state index contributed by atoms with van der Waals surface area (Å²) in [6, 6.07) is 8.04. The van der Waals surface area contributed by atoms with Gasteiger partial charge in [0.05, 0.1) is 11.0 Å². The Morgan fingerprint density at radius 2 is 1.91 bits per heavy atom. The number of hydrogen-bond donors (Lipinski definition) is 0. The van der Waals surface area contributed by atoms with Crippen LogP contribution < -0.4 is 4.90 Å². The number of aromatic nitrogens is 1. The van der Waals surface area contributed by atoms with Crippen LogP contribution in [-0.4, -0.2) is 16.7 Å². The number of benzene rings is 1. The molecule has 0 saturated carbocycles. The minimum atomic E-state index is -0.620. The monoisotopic (exact) mass is 380 g/mol. The molecule has 4 nitrogen and oxygen atoms in total. The van der Waals surface area contributed by atoms with E-state index in [1.807, 2.05) is 12.1 Å². The van der Waals surface area contributed by atoms with Crippen LogP contribution in [-0.2, 0) is 11.3 Å². The number of hydrogen-bond acceptors (Lipinski definition) is 3. The Labute approximate surface area is 143 Å². The lowest BCUT2D eigenvalue weighted by molar-refractivity contribution is 0.0577. The zero-order chi connectivity index (χ0) is 17.0. The van der Waals surface area contributed by atoms with Gasteiger partial charge < -0.3 is 4.74 Å². The van der Waals surface area contributed by atoms with Gasteiger partial charge in [-0.15, -0.1) is 0 Å². The molecule has 1 heterocycles. The zero-order valence-corrected chi connectivity index (χ0v) is 14.8. The number of rotatable bonds is 3. The zero-order valence-electron chi connectivity index (χ0n) is 13.2. The van der Waals surface area contributed by atoms with Gasteiger partial charge in [-0.3, -0.25) is 9.88 Å². The van der Waals surface area contributed by atoms with Crippen molar-refractivity contribution >= 4 is 27.7 Å². The predicted octanol–water partition coefficient (Wildman–Crippen LogP) is 4.92. The van der Waals surface area contributed by atoms with Crippen LogP contribution in [0.4, 0.5) is 14.9 Å². The highest BCUT2D eigenvalue weighted by atomic mass is 79.9. The minimum Gasteiger partial charge on any atom is -0.443 e. The standard InChI is InChI=1S/C17H18BrFN2O2/c1-17(2,3)23-16(22)21(11-12-6-8-20-9-7-12)13-4-5-15(19)14(18)10-13/h4-10H,11H2,1-3H3. The SMILES string of the molecule is CC(C)(C)OC(=O)N(Cc1ccncc1)c1ccc(F)c(Br)c1. The Kier molecular flexibility index (Phi) is 5.36. The summed E-state index contributed by atoms with van der Waals surface area (Å²) in [5, 5.41) is 0. The molecular formula is C17H18BrFN2O2. The van der Waals surface area contributed by atoms with E-state index in [1.54, 1.807) is 45.3 Å². The van der Waals surface area contributed by atoms with Crippen molar-refractivity contribution in [1.82, 2.24) is 4.98 Å². The molecule has 0 N–H and O–H groups in total. The maximum atomic E-state index is 13.5. The van der Waals surface area contributed by atoms with Gasteiger partial charge in [-0.2, -0.15) is 0 Å². The number of halogens is 2. The molecule has 23 heavy (non-hydrogen) atoms. The second-order valence-corrected chi connectivity index (χ2v) is 6.87. The van der Waals surface area contributed by atoms with E-state index in [0.29, 0.717) is 16.7 Å². The minimum absolute atomic E-state index is 0.290. The highest BCUT2D eigenvalue weighted by Crippen LogP contribution is 2.26. The lowest BCUT2D eigenvalue weighted by Crippen LogP contribution is -2.36. The first-order valence-electron chi connectivity index (χ1n) is 7.11. The van der Waals surface area contributed by atoms with E-state index < -0.39 is 11.7 Å². The third kappa shape index (κ3) is 5.03. The lowest BCUT2D eigenvalue weighted by Gasteiger charge is -2.27. The van der Waals surface area contributed by atoms with Crippen molar-refractivity contribution in [2.24, 2.45) is 0 Å². The average molecular weight is 381 g/mol. The topological polar surface area (TPSA) is 42.4 Å². The highest BCUT2D eigenvalue weighted by Gasteiger charge is 2.24. The molecule has 0 saturated heterocycles. The quantitative estimate of drug-likeness (QED) is 0.758. The number of pyridine rings is 1. The second kappa shape index (κ2) is 7.08. The summed E-state index contributed by atoms with van der Waals surface area (Å²) in [6.07, 6.45) is 2.82. The summed E-state index contributed by atoms with van der Waals surface area (Å²) in [7, 11) is 0. The second-order valence-electron chi connectivity index (χ2n) is 6.02. The average Bonchev–Trinajstić information content (AvgIpc) is 2.47. The van der Waals surface area contributed by atoms with Gasteiger partial charge in [0.2, 0.25) is 0 Å². The van der Waals surface area contributed by atoms with Gasteiger partial charge in [-0.05, 0) is 72.6 Å². The summed E-state index contributed by atoms with van der Waals surface area (Å²) in [5.41, 5.74) is 0.820. The van der Waals surface area contributed by atoms with E-state index in [2.05, 4.69) is 20.9 Å². The molecule has 1 amide bonds. The van der Waals surface area contributed by atoms with E-state index in [1.165, 1.54) is 11.0 Å². The van der Waals surface area contributed by atoms with Crippen molar-refractivity contribution in [3.63, 3.8) is 0 Å². The maximum Gasteiger partial charge on any atom is 0.415 e. The van der Waals surface area contributed by atoms with Crippen LogP contribution in [0.1, 0.15) is 26.3 Å². The van der Waals surface area contributed by atoms with Gasteiger partial charge in [-0.1, -0.05) is 0 Å². The number of carbonyl (C=O) groups is 1. The first-order valence-corrected chi connectivity index (χ1v) is 7.90. The van der Waals surface area contributed by atoms with Gasteiger partial charge in [0.25, 0.3) is 0 Å². The van der Waals surface area contributed by atoms with Crippen molar-refractivity contribution in [3.05, 3.63) is 58.6 Å². The molecule has 0 aliphatic heterocycles. The molecule has 0 aliphatic carbocycles. The number of ether oxygens (including phenoxy) is 1. The molecule has 0 spiro atoms. The molecule has 2 aromatic rings. The molecule has 2 rings (SSSR count). The summed E-state index contributed by atoms with van der Waals surface area (Å²) in [6.45, 7) is 5.71. The number of anilines is 1. The van der Waals surface area contributed by atoms with Crippen molar-refractivity contribution in [2.45, 2.75) is 32.9 Å². The summed E-state index contributed by atoms with van der Waals surface area (Å²) in [5.74, 6) is -0.387. The van der Waals surface area contributed by atoms with Gasteiger partial charge in [0.1, 0.15) is 11.4 Å². The van der Waals surface area contributed by atoms with E-state index in [4.69, 9.17) is 4.74 Å². The number of nitrogens with zero attached hydrogens (tertiary/aromatic N) is 2. The van der Waals surface area contributed by atoms with Crippen LogP contribution in [0.3, 0.4) is 0 Å². The first-order chi connectivity index (χ1) is 10.8. The van der Waals surface area contributed by atoms with Crippen LogP contribution >= 0.6 is 15.9 Å². The Hall–Kier alpha value is -1.95. The van der Waals surface area contributed by atoms with E-state index in [-0.39, 0.29) is 5.82 Å². The first kappa shape index (κ1) is 17.4. The largest absolute Gasteiger partial charge is 0.443 e. The molecule has 0 atom stereocenters. The van der Waals surface area contributed by atoms with Crippen LogP contribution in [0.25, 0.3) is 0 Å². The Balaban J connectivity index is 2.34. The normalized spacial score (nSPS) is 11.2. The maximum absolute atomic E-state index is 13.5. The molecule has 0 fully saturated rings. The van der Waals surface area contributed by atoms with E-state index in [9.17, 15) is 9.18 Å². The molecule has 0 bridgehead atoms. The van der Waals surface area contributed by atoms with Crippen LogP contribution in [0.15, 0.2) is 47.2 Å². The molecule has 0 radical (unpaired) electrons. The van der Waals surface area contributed by atoms with Gasteiger partial charge >= 0.3 is 6.09 Å². The van der Waals surface area contributed by atoms with Crippen LogP contribution in [0, 0.1) is 5.82 Å². The molecule has 1 aromatic carbocycles. The molecule has 0 aliphatic rings. The predicted molar refractivity (Wildman–Crippen MR) is 90.8 cm³/mol.